The Morgan fingerprint density at radius 3 is 2.04 bits per heavy atom. The molecule has 0 bridgehead atoms. The molecule has 2 aromatic rings. The zero-order valence-electron chi connectivity index (χ0n) is 49.1. The van der Waals surface area contributed by atoms with E-state index in [0.717, 1.165) is 12.0 Å². The molecule has 2 aliphatic rings. The highest BCUT2D eigenvalue weighted by atomic mass is 16.6. The number of Topliss-reactive ketones (excluding diaryl/α,β-unsaturated/α-hetero) is 3. The number of methoxy groups -OCH3 is 2. The monoisotopic (exact) mass is 1100 g/mol. The number of hydrogen-bond acceptors (Lipinski definition) is 13. The number of carbonyl (C=O) groups excluding carboxylic acids is 8. The van der Waals surface area contributed by atoms with Crippen LogP contribution in [0.5, 0.6) is 0 Å². The molecule has 4 rings (SSSR count). The normalized spacial score (nSPS) is 18.6. The van der Waals surface area contributed by atoms with E-state index in [9.17, 15) is 48.3 Å². The number of likely N-dealkylation sites (tertiary alicyclic amines) is 2. The van der Waals surface area contributed by atoms with Gasteiger partial charge in [-0.2, -0.15) is 0 Å². The molecule has 2 fully saturated rings. The number of nitrogens with one attached hydrogen (secondary N) is 1. The van der Waals surface area contributed by atoms with E-state index in [-0.39, 0.29) is 110 Å². The number of nitrogens with zero attached hydrogens (tertiary/aromatic N) is 4. The highest BCUT2D eigenvalue weighted by Gasteiger charge is 2.44. The number of ether oxygens (including phenoxy) is 3. The molecule has 2 unspecified atom stereocenters. The first kappa shape index (κ1) is 65.5. The Labute approximate surface area is 469 Å². The number of hydrogen-bond donors (Lipinski definition) is 2. The Balaban J connectivity index is 1.33. The average Bonchev–Trinajstić information content (AvgIpc) is 4.02. The van der Waals surface area contributed by atoms with E-state index in [4.69, 9.17) is 14.2 Å². The smallest absolute Gasteiger partial charge is 0.410 e. The molecule has 438 valence electrons. The maximum Gasteiger partial charge on any atom is 0.410 e. The van der Waals surface area contributed by atoms with Gasteiger partial charge in [0.15, 0.2) is 11.6 Å². The first-order valence-electron chi connectivity index (χ1n) is 28.5. The largest absolute Gasteiger partial charge is 0.481 e. The van der Waals surface area contributed by atoms with Crippen molar-refractivity contribution in [2.24, 2.45) is 41.4 Å². The molecule has 0 spiro atoms. The SMILES string of the molecule is CC[C@H](C)[C@@H]([C@@H](CC(=O)N1CCC[C@H]1[C@H](OC)[C@@H](C)C(=O)CC(Cc1ccccc1)C(=O)O)OC)N(C)C(=O)[C@@H](CC(=O)[C@H](C(C)C)N(C)C(=O)OCc1ccc(NCC(=O)CCCCCN2C(=O)CC(C)C2=O)cc1)C(C)C. The number of likely N-dealkylation sites (N-methyl/N-ethyl adjacent to an activating group) is 2. The number of carbonyl (C=O) groups is 9. The van der Waals surface area contributed by atoms with Crippen LogP contribution in [0.25, 0.3) is 0 Å². The van der Waals surface area contributed by atoms with Crippen molar-refractivity contribution in [2.75, 3.05) is 53.3 Å². The summed E-state index contributed by atoms with van der Waals surface area (Å²) < 4.78 is 17.7. The molecule has 0 aromatic heterocycles. The van der Waals surface area contributed by atoms with Gasteiger partial charge in [0, 0.05) is 90.5 Å². The fourth-order valence-electron chi connectivity index (χ4n) is 11.4. The second-order valence-corrected chi connectivity index (χ2v) is 22.7. The van der Waals surface area contributed by atoms with Crippen molar-refractivity contribution in [3.8, 4) is 0 Å². The van der Waals surface area contributed by atoms with Crippen LogP contribution >= 0.6 is 0 Å². The van der Waals surface area contributed by atoms with Crippen molar-refractivity contribution in [1.29, 1.82) is 0 Å². The number of benzene rings is 2. The minimum atomic E-state index is -1.05. The van der Waals surface area contributed by atoms with Crippen LogP contribution in [0.3, 0.4) is 0 Å². The van der Waals surface area contributed by atoms with Crippen LogP contribution in [0, 0.1) is 41.4 Å². The number of unbranched alkanes of at least 4 members (excludes halogenated alkanes) is 2. The van der Waals surface area contributed by atoms with Gasteiger partial charge in [-0.15, -0.1) is 0 Å². The summed E-state index contributed by atoms with van der Waals surface area (Å²) in [5.74, 6) is -5.68. The predicted molar refractivity (Wildman–Crippen MR) is 300 cm³/mol. The molecule has 18 heteroatoms. The molecule has 0 aliphatic carbocycles. The molecule has 10 atom stereocenters. The summed E-state index contributed by atoms with van der Waals surface area (Å²) in [6, 6.07) is 14.4. The van der Waals surface area contributed by atoms with Gasteiger partial charge in [-0.05, 0) is 73.1 Å². The fourth-order valence-corrected chi connectivity index (χ4v) is 11.4. The van der Waals surface area contributed by atoms with Crippen LogP contribution in [0.2, 0.25) is 0 Å². The Hall–Kier alpha value is -6.01. The summed E-state index contributed by atoms with van der Waals surface area (Å²) in [5.41, 5.74) is 2.23. The molecule has 5 amide bonds. The molecular formula is C61H91N5O13. The van der Waals surface area contributed by atoms with Crippen molar-refractivity contribution in [3.63, 3.8) is 0 Å². The highest BCUT2D eigenvalue weighted by Crippen LogP contribution is 2.32. The van der Waals surface area contributed by atoms with E-state index >= 15 is 0 Å². The standard InChI is InChI=1S/C61H91N5O13/c1-13-40(6)56(52(77-11)35-54(71)65-30-20-24-49(65)57(78-12)42(8)50(68)33-45(60(74)75)32-43-21-16-14-17-22-43)63(9)59(73)48(38(2)3)34-51(69)55(39(4)5)64(10)61(76)79-37-44-25-27-46(28-26-44)62-36-47(67)23-18-15-19-29-66-53(70)31-41(7)58(66)72/h14,16-17,21-22,25-28,38-42,45,48-49,52,55-57,62H,13,15,18-20,23-24,29-37H2,1-12H3,(H,74,75)/t40-,41?,42-,45?,48-,49-,52+,55-,56-,57+/m0/s1. The van der Waals surface area contributed by atoms with Crippen molar-refractivity contribution in [2.45, 2.75) is 169 Å². The topological polar surface area (TPSA) is 227 Å². The van der Waals surface area contributed by atoms with E-state index in [2.05, 4.69) is 5.32 Å². The fraction of sp³-hybridized carbons (Fsp3) is 0.656. The van der Waals surface area contributed by atoms with Crippen molar-refractivity contribution >= 4 is 58.7 Å². The van der Waals surface area contributed by atoms with Crippen LogP contribution in [0.4, 0.5) is 10.5 Å². The van der Waals surface area contributed by atoms with Crippen molar-refractivity contribution in [3.05, 3.63) is 65.7 Å². The molecule has 2 aromatic carbocycles. The Bertz CT molecular complexity index is 2360. The average molecular weight is 1100 g/mol. The van der Waals surface area contributed by atoms with E-state index in [1.807, 2.05) is 71.9 Å². The quantitative estimate of drug-likeness (QED) is 0.0497. The number of carboxylic acids is 1. The van der Waals surface area contributed by atoms with E-state index in [0.29, 0.717) is 62.9 Å². The van der Waals surface area contributed by atoms with Gasteiger partial charge >= 0.3 is 12.1 Å². The molecule has 2 saturated heterocycles. The van der Waals surface area contributed by atoms with Gasteiger partial charge in [0.2, 0.25) is 23.6 Å². The number of aliphatic carboxylic acids is 1. The van der Waals surface area contributed by atoms with Gasteiger partial charge < -0.3 is 39.3 Å². The van der Waals surface area contributed by atoms with Gasteiger partial charge in [-0.25, -0.2) is 4.79 Å². The number of rotatable bonds is 34. The van der Waals surface area contributed by atoms with Gasteiger partial charge in [0.25, 0.3) is 0 Å². The first-order chi connectivity index (χ1) is 37.4. The van der Waals surface area contributed by atoms with Crippen LogP contribution < -0.4 is 5.32 Å². The highest BCUT2D eigenvalue weighted by molar-refractivity contribution is 6.03. The summed E-state index contributed by atoms with van der Waals surface area (Å²) in [7, 11) is 6.23. The summed E-state index contributed by atoms with van der Waals surface area (Å²) >= 11 is 0. The minimum Gasteiger partial charge on any atom is -0.481 e. The zero-order valence-corrected chi connectivity index (χ0v) is 49.1. The minimum absolute atomic E-state index is 0.0336. The van der Waals surface area contributed by atoms with Crippen LogP contribution in [-0.2, 0) is 65.6 Å². The van der Waals surface area contributed by atoms with Crippen LogP contribution in [0.15, 0.2) is 54.6 Å². The van der Waals surface area contributed by atoms with E-state index < -0.39 is 60.1 Å². The van der Waals surface area contributed by atoms with Crippen molar-refractivity contribution < 1.29 is 62.5 Å². The van der Waals surface area contributed by atoms with Crippen LogP contribution in [0.1, 0.15) is 137 Å². The molecule has 2 heterocycles. The third kappa shape index (κ3) is 18.5. The lowest BCUT2D eigenvalue weighted by atomic mass is 9.83. The molecule has 18 nitrogen and oxygen atoms in total. The summed E-state index contributed by atoms with van der Waals surface area (Å²) in [6.07, 6.45) is 2.31. The zero-order chi connectivity index (χ0) is 58.7. The predicted octanol–water partition coefficient (Wildman–Crippen LogP) is 8.27. The molecule has 2 aliphatic heterocycles. The third-order valence-corrected chi connectivity index (χ3v) is 16.3. The summed E-state index contributed by atoms with van der Waals surface area (Å²) in [5, 5.41) is 13.2. The third-order valence-electron chi connectivity index (χ3n) is 16.3. The van der Waals surface area contributed by atoms with Gasteiger partial charge in [0.05, 0.1) is 49.2 Å². The summed E-state index contributed by atoms with van der Waals surface area (Å²) in [6.45, 7) is 15.8. The molecule has 2 N–H and O–H groups in total. The van der Waals surface area contributed by atoms with E-state index in [1.54, 1.807) is 55.0 Å². The summed E-state index contributed by atoms with van der Waals surface area (Å²) in [4.78, 5) is 126. The molecule has 79 heavy (non-hydrogen) atoms. The number of anilines is 1. The lowest BCUT2D eigenvalue weighted by Gasteiger charge is -2.41. The Kier molecular flexibility index (Phi) is 26.3. The van der Waals surface area contributed by atoms with Gasteiger partial charge in [-0.1, -0.05) is 111 Å². The molecule has 0 saturated carbocycles. The number of imide groups is 1. The lowest BCUT2D eigenvalue weighted by molar-refractivity contribution is -0.149. The van der Waals surface area contributed by atoms with Gasteiger partial charge in [0.1, 0.15) is 12.4 Å². The second-order valence-electron chi connectivity index (χ2n) is 22.7. The maximum atomic E-state index is 14.8. The lowest BCUT2D eigenvalue weighted by Crippen LogP contribution is -2.54. The van der Waals surface area contributed by atoms with E-state index in [1.165, 1.54) is 31.1 Å². The molecule has 0 radical (unpaired) electrons. The second kappa shape index (κ2) is 31.7. The maximum absolute atomic E-state index is 14.8. The van der Waals surface area contributed by atoms with Crippen LogP contribution in [-0.4, -0.2) is 156 Å². The first-order valence-corrected chi connectivity index (χ1v) is 28.5. The Morgan fingerprint density at radius 1 is 0.797 bits per heavy atom. The number of carboxylic acid groups (broad SMARTS) is 1. The Morgan fingerprint density at radius 2 is 1.47 bits per heavy atom. The number of amides is 5. The number of ketones is 3. The van der Waals surface area contributed by atoms with Gasteiger partial charge in [-0.3, -0.25) is 43.3 Å². The molecular weight excluding hydrogens is 1010 g/mol. The van der Waals surface area contributed by atoms with Crippen molar-refractivity contribution in [1.82, 2.24) is 19.6 Å².